The number of anilines is 1. The third kappa shape index (κ3) is 4.08. The van der Waals surface area contributed by atoms with E-state index < -0.39 is 17.0 Å². The number of hydrogen-bond donors (Lipinski definition) is 2. The average Bonchev–Trinajstić information content (AvgIpc) is 2.42. The SMILES string of the molecule is O=C(Nc1ccc(Cl)cc1)NS(=O)c1ccccc1. The highest BCUT2D eigenvalue weighted by Crippen LogP contribution is 2.13. The van der Waals surface area contributed by atoms with Gasteiger partial charge in [-0.25, -0.2) is 9.00 Å². The van der Waals surface area contributed by atoms with Gasteiger partial charge in [0.25, 0.3) is 0 Å². The van der Waals surface area contributed by atoms with E-state index in [1.54, 1.807) is 48.5 Å². The molecule has 6 heteroatoms. The van der Waals surface area contributed by atoms with E-state index in [4.69, 9.17) is 11.6 Å². The molecule has 0 saturated heterocycles. The molecule has 0 aliphatic carbocycles. The molecule has 0 bridgehead atoms. The molecule has 1 atom stereocenters. The average molecular weight is 295 g/mol. The zero-order valence-corrected chi connectivity index (χ0v) is 11.4. The fourth-order valence-corrected chi connectivity index (χ4v) is 2.24. The van der Waals surface area contributed by atoms with Gasteiger partial charge in [0.15, 0.2) is 11.0 Å². The molecule has 2 aromatic carbocycles. The zero-order valence-electron chi connectivity index (χ0n) is 9.80. The standard InChI is InChI=1S/C13H11ClN2O2S/c14-10-6-8-11(9-7-10)15-13(17)16-19(18)12-4-2-1-3-5-12/h1-9H,(H2,15,16,17). The summed E-state index contributed by atoms with van der Waals surface area (Å²) in [6, 6.07) is 14.8. The molecule has 4 nitrogen and oxygen atoms in total. The maximum absolute atomic E-state index is 11.8. The molecule has 2 aromatic rings. The van der Waals surface area contributed by atoms with Crippen LogP contribution < -0.4 is 10.0 Å². The van der Waals surface area contributed by atoms with E-state index in [0.717, 1.165) is 0 Å². The number of urea groups is 1. The van der Waals surface area contributed by atoms with Crippen molar-refractivity contribution in [2.24, 2.45) is 0 Å². The molecule has 0 aliphatic rings. The number of rotatable bonds is 3. The van der Waals surface area contributed by atoms with E-state index in [1.807, 2.05) is 6.07 Å². The van der Waals surface area contributed by atoms with Crippen molar-refractivity contribution < 1.29 is 9.00 Å². The van der Waals surface area contributed by atoms with E-state index in [1.165, 1.54) is 0 Å². The van der Waals surface area contributed by atoms with Crippen LogP contribution in [0.4, 0.5) is 10.5 Å². The second-order valence-corrected chi connectivity index (χ2v) is 5.29. The maximum atomic E-state index is 11.8. The van der Waals surface area contributed by atoms with Crippen molar-refractivity contribution in [3.8, 4) is 0 Å². The van der Waals surface area contributed by atoms with Crippen molar-refractivity contribution in [3.05, 3.63) is 59.6 Å². The molecule has 19 heavy (non-hydrogen) atoms. The van der Waals surface area contributed by atoms with Crippen molar-refractivity contribution in [3.63, 3.8) is 0 Å². The first-order valence-electron chi connectivity index (χ1n) is 5.45. The normalized spacial score (nSPS) is 11.6. The number of benzene rings is 2. The molecule has 1 unspecified atom stereocenters. The molecule has 0 aromatic heterocycles. The van der Waals surface area contributed by atoms with Gasteiger partial charge in [-0.15, -0.1) is 0 Å². The van der Waals surface area contributed by atoms with Crippen molar-refractivity contribution in [2.75, 3.05) is 5.32 Å². The molecule has 2 amide bonds. The highest BCUT2D eigenvalue weighted by molar-refractivity contribution is 7.83. The summed E-state index contributed by atoms with van der Waals surface area (Å²) in [4.78, 5) is 12.2. The molecule has 0 spiro atoms. The van der Waals surface area contributed by atoms with E-state index in [-0.39, 0.29) is 0 Å². The van der Waals surface area contributed by atoms with Gasteiger partial charge in [0, 0.05) is 10.7 Å². The van der Waals surface area contributed by atoms with Crippen molar-refractivity contribution in [2.45, 2.75) is 4.90 Å². The first-order chi connectivity index (χ1) is 9.15. The molecule has 2 N–H and O–H groups in total. The fourth-order valence-electron chi connectivity index (χ4n) is 1.38. The molecule has 2 rings (SSSR count). The Balaban J connectivity index is 1.95. The highest BCUT2D eigenvalue weighted by Gasteiger charge is 2.08. The number of nitrogens with one attached hydrogen (secondary N) is 2. The summed E-state index contributed by atoms with van der Waals surface area (Å²) in [5, 5.41) is 3.15. The molecular weight excluding hydrogens is 284 g/mol. The van der Waals surface area contributed by atoms with Gasteiger partial charge in [-0.05, 0) is 36.4 Å². The predicted molar refractivity (Wildman–Crippen MR) is 76.5 cm³/mol. The molecule has 0 saturated carbocycles. The first-order valence-corrected chi connectivity index (χ1v) is 6.98. The lowest BCUT2D eigenvalue weighted by Crippen LogP contribution is -2.30. The summed E-state index contributed by atoms with van der Waals surface area (Å²) in [7, 11) is -1.58. The molecule has 0 aliphatic heterocycles. The van der Waals surface area contributed by atoms with Gasteiger partial charge in [-0.3, -0.25) is 4.72 Å². The van der Waals surface area contributed by atoms with Gasteiger partial charge in [-0.1, -0.05) is 29.8 Å². The smallest absolute Gasteiger partial charge is 0.307 e. The van der Waals surface area contributed by atoms with Crippen LogP contribution in [0.25, 0.3) is 0 Å². The van der Waals surface area contributed by atoms with Crippen LogP contribution in [0.5, 0.6) is 0 Å². The second-order valence-electron chi connectivity index (χ2n) is 3.64. The lowest BCUT2D eigenvalue weighted by Gasteiger charge is -2.07. The van der Waals surface area contributed by atoms with E-state index in [9.17, 15) is 9.00 Å². The van der Waals surface area contributed by atoms with Gasteiger partial charge < -0.3 is 5.32 Å². The topological polar surface area (TPSA) is 58.2 Å². The Hall–Kier alpha value is -1.85. The summed E-state index contributed by atoms with van der Waals surface area (Å²) in [6.07, 6.45) is 0. The second kappa shape index (κ2) is 6.36. The lowest BCUT2D eigenvalue weighted by atomic mass is 10.3. The summed E-state index contributed by atoms with van der Waals surface area (Å²) < 4.78 is 14.2. The Kier molecular flexibility index (Phi) is 4.54. The van der Waals surface area contributed by atoms with Gasteiger partial charge in [-0.2, -0.15) is 0 Å². The highest BCUT2D eigenvalue weighted by atomic mass is 35.5. The molecular formula is C13H11ClN2O2S. The fraction of sp³-hybridized carbons (Fsp3) is 0. The number of hydrogen-bond acceptors (Lipinski definition) is 2. The summed E-state index contributed by atoms with van der Waals surface area (Å²) in [5.74, 6) is 0. The number of carbonyl (C=O) groups is 1. The summed E-state index contributed by atoms with van der Waals surface area (Å²) in [5.41, 5.74) is 0.576. The van der Waals surface area contributed by atoms with Crippen LogP contribution in [0, 0.1) is 0 Å². The number of amides is 2. The van der Waals surface area contributed by atoms with Crippen LogP contribution in [0.3, 0.4) is 0 Å². The first kappa shape index (κ1) is 13.6. The summed E-state index contributed by atoms with van der Waals surface area (Å²) in [6.45, 7) is 0. The van der Waals surface area contributed by atoms with Crippen molar-refractivity contribution in [1.29, 1.82) is 0 Å². The van der Waals surface area contributed by atoms with Crippen LogP contribution in [-0.2, 0) is 11.0 Å². The van der Waals surface area contributed by atoms with Gasteiger partial charge in [0.2, 0.25) is 0 Å². The largest absolute Gasteiger partial charge is 0.331 e. The van der Waals surface area contributed by atoms with Crippen LogP contribution in [0.15, 0.2) is 59.5 Å². The van der Waals surface area contributed by atoms with E-state index in [2.05, 4.69) is 10.0 Å². The number of halogens is 1. The minimum atomic E-state index is -1.58. The third-order valence-corrected chi connectivity index (χ3v) is 3.57. The van der Waals surface area contributed by atoms with Crippen LogP contribution in [0.2, 0.25) is 5.02 Å². The van der Waals surface area contributed by atoms with Crippen LogP contribution in [0.1, 0.15) is 0 Å². The van der Waals surface area contributed by atoms with Gasteiger partial charge in [0.1, 0.15) is 0 Å². The summed E-state index contributed by atoms with van der Waals surface area (Å²) >= 11 is 5.74. The number of carbonyl (C=O) groups excluding carboxylic acids is 1. The van der Waals surface area contributed by atoms with Crippen molar-refractivity contribution >= 4 is 34.3 Å². The molecule has 0 radical (unpaired) electrons. The Labute approximate surface area is 118 Å². The monoisotopic (exact) mass is 294 g/mol. The quantitative estimate of drug-likeness (QED) is 0.913. The maximum Gasteiger partial charge on any atom is 0.331 e. The Bertz CT molecular complexity index is 587. The molecule has 98 valence electrons. The van der Waals surface area contributed by atoms with E-state index >= 15 is 0 Å². The van der Waals surface area contributed by atoms with Gasteiger partial charge in [0.05, 0.1) is 4.90 Å². The molecule has 0 heterocycles. The molecule has 0 fully saturated rings. The minimum absolute atomic E-state index is 0.536. The third-order valence-electron chi connectivity index (χ3n) is 2.24. The Morgan fingerprint density at radius 2 is 1.63 bits per heavy atom. The van der Waals surface area contributed by atoms with Crippen LogP contribution >= 0.6 is 11.6 Å². The zero-order chi connectivity index (χ0) is 13.7. The predicted octanol–water partition coefficient (Wildman–Crippen LogP) is 3.18. The Morgan fingerprint density at radius 3 is 2.26 bits per heavy atom. The van der Waals surface area contributed by atoms with Crippen molar-refractivity contribution in [1.82, 2.24) is 4.72 Å². The Morgan fingerprint density at radius 1 is 1.00 bits per heavy atom. The van der Waals surface area contributed by atoms with E-state index in [0.29, 0.717) is 15.6 Å². The lowest BCUT2D eigenvalue weighted by molar-refractivity contribution is 0.257. The van der Waals surface area contributed by atoms with Gasteiger partial charge >= 0.3 is 6.03 Å². The minimum Gasteiger partial charge on any atom is -0.307 e. The van der Waals surface area contributed by atoms with Crippen LogP contribution in [-0.4, -0.2) is 10.2 Å².